The minimum absolute atomic E-state index is 0.0770. The Balaban J connectivity index is 1.80. The molecule has 3 aliphatic heterocycles. The van der Waals surface area contributed by atoms with Crippen molar-refractivity contribution < 1.29 is 19.5 Å². The van der Waals surface area contributed by atoms with Crippen LogP contribution in [0.5, 0.6) is 0 Å². The Labute approximate surface area is 230 Å². The van der Waals surface area contributed by atoms with E-state index in [1.54, 1.807) is 38.6 Å². The minimum Gasteiger partial charge on any atom is -0.396 e. The molecular weight excluding hydrogens is 498 g/mol. The van der Waals surface area contributed by atoms with Gasteiger partial charge in [-0.05, 0) is 59.1 Å². The third kappa shape index (κ3) is 4.49. The number of para-hydroxylation sites is 1. The van der Waals surface area contributed by atoms with Crippen LogP contribution in [0.15, 0.2) is 55.6 Å². The van der Waals surface area contributed by atoms with Crippen molar-refractivity contribution in [3.8, 4) is 0 Å². The minimum atomic E-state index is -0.695. The molecule has 2 unspecified atom stereocenters. The van der Waals surface area contributed by atoms with Crippen molar-refractivity contribution in [1.82, 2.24) is 9.80 Å². The maximum Gasteiger partial charge on any atom is 0.247 e. The number of rotatable bonds is 10. The number of nitrogens with zero attached hydrogens (tertiary/aromatic N) is 3. The maximum atomic E-state index is 14.4. The Morgan fingerprint density at radius 2 is 1.79 bits per heavy atom. The molecule has 3 amide bonds. The number of hydrogen-bond donors (Lipinski definition) is 1. The van der Waals surface area contributed by atoms with Crippen LogP contribution in [-0.4, -0.2) is 79.9 Å². The number of likely N-dealkylation sites (tertiary alicyclic amines) is 1. The van der Waals surface area contributed by atoms with Crippen molar-refractivity contribution in [3.63, 3.8) is 0 Å². The molecule has 1 aromatic rings. The van der Waals surface area contributed by atoms with E-state index < -0.39 is 32.9 Å². The van der Waals surface area contributed by atoms with Crippen LogP contribution in [0, 0.1) is 11.8 Å². The van der Waals surface area contributed by atoms with Crippen LogP contribution in [-0.2, 0) is 14.4 Å². The number of carbonyl (C=O) groups excluding carboxylic acids is 3. The monoisotopic (exact) mass is 539 g/mol. The standard InChI is InChI=1S/C30H41N3O4S/c1-7-17-31(21-13-10-9-11-14-21)25(35)22-23-26(36)32(19-12-20-34)24(30(23)16-15-29(22,6)38-30)27(37)33(18-8-2)28(3,4)5/h7-11,13-14,22-24,34H,1-2,12,15-20H2,3-6H3/t22-,23-,24?,29+,30?/m0/s1. The number of carbonyl (C=O) groups is 3. The Kier molecular flexibility index (Phi) is 7.88. The number of benzene rings is 1. The summed E-state index contributed by atoms with van der Waals surface area (Å²) in [6.07, 6.45) is 5.24. The molecular formula is C30H41N3O4S. The van der Waals surface area contributed by atoms with E-state index in [9.17, 15) is 19.5 Å². The van der Waals surface area contributed by atoms with Gasteiger partial charge in [0, 0.05) is 42.2 Å². The summed E-state index contributed by atoms with van der Waals surface area (Å²) in [5.74, 6) is -1.52. The Morgan fingerprint density at radius 3 is 2.37 bits per heavy atom. The lowest BCUT2D eigenvalue weighted by molar-refractivity contribution is -0.145. The van der Waals surface area contributed by atoms with Gasteiger partial charge < -0.3 is 19.8 Å². The molecule has 1 aromatic carbocycles. The van der Waals surface area contributed by atoms with E-state index in [1.807, 2.05) is 51.1 Å². The van der Waals surface area contributed by atoms with Crippen LogP contribution < -0.4 is 4.90 Å². The lowest BCUT2D eigenvalue weighted by atomic mass is 9.66. The summed E-state index contributed by atoms with van der Waals surface area (Å²) >= 11 is 1.67. The molecule has 4 rings (SSSR count). The van der Waals surface area contributed by atoms with Crippen molar-refractivity contribution in [3.05, 3.63) is 55.6 Å². The predicted octanol–water partition coefficient (Wildman–Crippen LogP) is 3.88. The zero-order chi connectivity index (χ0) is 27.9. The molecule has 3 fully saturated rings. The molecule has 0 aromatic heterocycles. The normalized spacial score (nSPS) is 29.8. The van der Waals surface area contributed by atoms with Gasteiger partial charge in [0.1, 0.15) is 6.04 Å². The van der Waals surface area contributed by atoms with Gasteiger partial charge in [-0.3, -0.25) is 14.4 Å². The number of fused-ring (bicyclic) bond motifs is 1. The van der Waals surface area contributed by atoms with Crippen molar-refractivity contribution >= 4 is 35.2 Å². The average Bonchev–Trinajstić information content (AvgIpc) is 3.44. The highest BCUT2D eigenvalue weighted by atomic mass is 32.2. The summed E-state index contributed by atoms with van der Waals surface area (Å²) < 4.78 is -1.15. The second-order valence-corrected chi connectivity index (χ2v) is 13.7. The first kappa shape index (κ1) is 28.4. The SMILES string of the molecule is C=CCN(C(=O)[C@@H]1[C@H]2C(=O)N(CCCO)C(C(=O)N(CC=C)C(C)(C)C)C23CC[C@@]1(C)S3)c1ccccc1. The zero-order valence-corrected chi connectivity index (χ0v) is 23.9. The van der Waals surface area contributed by atoms with E-state index in [0.29, 0.717) is 25.9 Å². The molecule has 5 atom stereocenters. The molecule has 1 spiro atoms. The van der Waals surface area contributed by atoms with E-state index >= 15 is 0 Å². The summed E-state index contributed by atoms with van der Waals surface area (Å²) in [6.45, 7) is 16.7. The van der Waals surface area contributed by atoms with Crippen molar-refractivity contribution in [2.24, 2.45) is 11.8 Å². The van der Waals surface area contributed by atoms with Gasteiger partial charge in [0.2, 0.25) is 17.7 Å². The fourth-order valence-electron chi connectivity index (χ4n) is 6.76. The van der Waals surface area contributed by atoms with Gasteiger partial charge in [-0.15, -0.1) is 24.9 Å². The quantitative estimate of drug-likeness (QED) is 0.457. The molecule has 0 saturated carbocycles. The third-order valence-electron chi connectivity index (χ3n) is 8.37. The first-order valence-corrected chi connectivity index (χ1v) is 14.3. The molecule has 3 saturated heterocycles. The predicted molar refractivity (Wildman–Crippen MR) is 153 cm³/mol. The molecule has 0 aliphatic carbocycles. The van der Waals surface area contributed by atoms with Crippen LogP contribution in [0.3, 0.4) is 0 Å². The number of thioether (sulfide) groups is 1. The van der Waals surface area contributed by atoms with E-state index in [1.165, 1.54) is 0 Å². The third-order valence-corrected chi connectivity index (χ3v) is 10.4. The smallest absolute Gasteiger partial charge is 0.247 e. The highest BCUT2D eigenvalue weighted by molar-refractivity contribution is 8.02. The molecule has 2 bridgehead atoms. The van der Waals surface area contributed by atoms with Crippen LogP contribution in [0.25, 0.3) is 0 Å². The van der Waals surface area contributed by atoms with Gasteiger partial charge in [0.25, 0.3) is 0 Å². The topological polar surface area (TPSA) is 81.2 Å². The molecule has 206 valence electrons. The van der Waals surface area contributed by atoms with Crippen LogP contribution in [0.2, 0.25) is 0 Å². The number of hydrogen-bond acceptors (Lipinski definition) is 5. The van der Waals surface area contributed by atoms with E-state index in [0.717, 1.165) is 12.1 Å². The largest absolute Gasteiger partial charge is 0.396 e. The van der Waals surface area contributed by atoms with E-state index in [4.69, 9.17) is 0 Å². The van der Waals surface area contributed by atoms with Gasteiger partial charge in [-0.25, -0.2) is 0 Å². The lowest BCUT2D eigenvalue weighted by Crippen LogP contribution is -2.59. The Morgan fingerprint density at radius 1 is 1.13 bits per heavy atom. The molecule has 0 radical (unpaired) electrons. The number of anilines is 1. The maximum absolute atomic E-state index is 14.4. The van der Waals surface area contributed by atoms with Gasteiger partial charge in [-0.2, -0.15) is 0 Å². The number of aliphatic hydroxyl groups excluding tert-OH is 1. The first-order chi connectivity index (χ1) is 18.0. The zero-order valence-electron chi connectivity index (χ0n) is 23.1. The Bertz CT molecular complexity index is 1100. The van der Waals surface area contributed by atoms with Crippen molar-refractivity contribution in [1.29, 1.82) is 0 Å². The Hall–Kier alpha value is -2.58. The molecule has 3 aliphatic rings. The molecule has 38 heavy (non-hydrogen) atoms. The average molecular weight is 540 g/mol. The lowest BCUT2D eigenvalue weighted by Gasteiger charge is -2.42. The van der Waals surface area contributed by atoms with Crippen LogP contribution >= 0.6 is 11.8 Å². The number of aliphatic hydroxyl groups is 1. The van der Waals surface area contributed by atoms with Crippen molar-refractivity contribution in [2.45, 2.75) is 68.0 Å². The first-order valence-electron chi connectivity index (χ1n) is 13.5. The van der Waals surface area contributed by atoms with Gasteiger partial charge in [0.05, 0.1) is 16.6 Å². The molecule has 8 heteroatoms. The van der Waals surface area contributed by atoms with Gasteiger partial charge in [-0.1, -0.05) is 30.4 Å². The van der Waals surface area contributed by atoms with Crippen LogP contribution in [0.4, 0.5) is 5.69 Å². The fraction of sp³-hybridized carbons (Fsp3) is 0.567. The summed E-state index contributed by atoms with van der Waals surface area (Å²) in [4.78, 5) is 48.1. The summed E-state index contributed by atoms with van der Waals surface area (Å²) in [5.41, 5.74) is 0.295. The highest BCUT2D eigenvalue weighted by Gasteiger charge is 2.77. The fourth-order valence-corrected chi connectivity index (χ4v) is 9.11. The molecule has 7 nitrogen and oxygen atoms in total. The second-order valence-electron chi connectivity index (χ2n) is 11.8. The number of amides is 3. The van der Waals surface area contributed by atoms with Gasteiger partial charge >= 0.3 is 0 Å². The summed E-state index contributed by atoms with van der Waals surface area (Å²) in [5, 5.41) is 9.61. The molecule has 1 N–H and O–H groups in total. The molecule has 3 heterocycles. The summed E-state index contributed by atoms with van der Waals surface area (Å²) in [6, 6.07) is 8.79. The highest BCUT2D eigenvalue weighted by Crippen LogP contribution is 2.71. The summed E-state index contributed by atoms with van der Waals surface area (Å²) in [7, 11) is 0. The van der Waals surface area contributed by atoms with E-state index in [2.05, 4.69) is 20.1 Å². The van der Waals surface area contributed by atoms with Crippen molar-refractivity contribution in [2.75, 3.05) is 31.1 Å². The van der Waals surface area contributed by atoms with Gasteiger partial charge in [0.15, 0.2) is 0 Å². The van der Waals surface area contributed by atoms with E-state index in [-0.39, 0.29) is 30.9 Å². The van der Waals surface area contributed by atoms with Crippen LogP contribution in [0.1, 0.15) is 47.0 Å². The second kappa shape index (κ2) is 10.5.